The zero-order valence-corrected chi connectivity index (χ0v) is 9.62. The summed E-state index contributed by atoms with van der Waals surface area (Å²) in [5.74, 6) is -1.36. The molecule has 0 unspecified atom stereocenters. The van der Waals surface area contributed by atoms with E-state index in [9.17, 15) is 8.78 Å². The first kappa shape index (κ1) is 10.8. The summed E-state index contributed by atoms with van der Waals surface area (Å²) in [4.78, 5) is 3.56. The summed E-state index contributed by atoms with van der Waals surface area (Å²) in [5.41, 5.74) is -0.0382. The molecule has 0 atom stereocenters. The monoisotopic (exact) mass is 311 g/mol. The van der Waals surface area contributed by atoms with Crippen molar-refractivity contribution in [2.45, 2.75) is 6.42 Å². The third kappa shape index (κ3) is 2.14. The van der Waals surface area contributed by atoms with E-state index in [0.29, 0.717) is 0 Å². The van der Waals surface area contributed by atoms with E-state index in [0.717, 1.165) is 0 Å². The Morgan fingerprint density at radius 3 is 2.08 bits per heavy atom. The Labute approximate surface area is 91.1 Å². The fourth-order valence-electron chi connectivity index (χ4n) is 0.853. The number of hydrogen-bond acceptors (Lipinski definition) is 1. The maximum atomic E-state index is 13.2. The molecule has 0 aromatic carbocycles. The molecule has 0 spiro atoms. The van der Waals surface area contributed by atoms with Gasteiger partial charge >= 0.3 is 0 Å². The molecule has 1 heterocycles. The van der Waals surface area contributed by atoms with Crippen LogP contribution in [0.1, 0.15) is 5.56 Å². The average Bonchev–Trinajstić information content (AvgIpc) is 2.09. The van der Waals surface area contributed by atoms with Crippen molar-refractivity contribution in [3.63, 3.8) is 0 Å². The van der Waals surface area contributed by atoms with Crippen molar-refractivity contribution in [3.8, 4) is 0 Å². The van der Waals surface area contributed by atoms with E-state index in [1.54, 1.807) is 0 Å². The van der Waals surface area contributed by atoms with Crippen LogP contribution in [0, 0.1) is 11.6 Å². The molecule has 0 aliphatic carbocycles. The molecule has 0 amide bonds. The molecule has 0 bridgehead atoms. The van der Waals surface area contributed by atoms with Gasteiger partial charge < -0.3 is 0 Å². The number of hydrogen-bond donors (Lipinski definition) is 0. The summed E-state index contributed by atoms with van der Waals surface area (Å²) < 4.78 is 26.4. The zero-order chi connectivity index (χ0) is 10.0. The highest BCUT2D eigenvalue weighted by molar-refractivity contribution is 9.11. The minimum absolute atomic E-state index is 0.00220. The molecule has 0 aliphatic heterocycles. The van der Waals surface area contributed by atoms with Crippen molar-refractivity contribution in [1.29, 1.82) is 0 Å². The van der Waals surface area contributed by atoms with Crippen molar-refractivity contribution in [2.24, 2.45) is 0 Å². The predicted octanol–water partition coefficient (Wildman–Crippen LogP) is 3.61. The number of pyridine rings is 1. The summed E-state index contributed by atoms with van der Waals surface area (Å²) in [7, 11) is 0. The maximum absolute atomic E-state index is 13.2. The van der Waals surface area contributed by atoms with E-state index in [1.165, 1.54) is 6.08 Å². The lowest BCUT2D eigenvalue weighted by atomic mass is 10.2. The molecule has 0 saturated carbocycles. The molecule has 1 nitrogen and oxygen atoms in total. The number of aromatic nitrogens is 1. The standard InChI is InChI=1S/C8H5Br2F2N/c1-2-3-4-5(11)7(9)13-8(10)6(4)12/h2H,1,3H2. The van der Waals surface area contributed by atoms with Gasteiger partial charge in [0.1, 0.15) is 9.21 Å². The van der Waals surface area contributed by atoms with Gasteiger partial charge in [0.25, 0.3) is 0 Å². The SMILES string of the molecule is C=CCc1c(F)c(Br)nc(Br)c1F. The summed E-state index contributed by atoms with van der Waals surface area (Å²) in [5, 5.41) is 0. The van der Waals surface area contributed by atoms with Crippen LogP contribution in [0.25, 0.3) is 0 Å². The van der Waals surface area contributed by atoms with Crippen LogP contribution in [0.5, 0.6) is 0 Å². The second kappa shape index (κ2) is 4.28. The highest BCUT2D eigenvalue weighted by atomic mass is 79.9. The lowest BCUT2D eigenvalue weighted by Crippen LogP contribution is -1.99. The van der Waals surface area contributed by atoms with Crippen LogP contribution in [0.4, 0.5) is 8.78 Å². The topological polar surface area (TPSA) is 12.9 Å². The molecule has 0 saturated heterocycles. The predicted molar refractivity (Wildman–Crippen MR) is 53.5 cm³/mol. The first-order valence-corrected chi connectivity index (χ1v) is 4.96. The lowest BCUT2D eigenvalue weighted by Gasteiger charge is -2.04. The Morgan fingerprint density at radius 2 is 1.69 bits per heavy atom. The van der Waals surface area contributed by atoms with E-state index in [2.05, 4.69) is 43.4 Å². The number of rotatable bonds is 2. The Morgan fingerprint density at radius 1 is 1.23 bits per heavy atom. The molecular formula is C8H5Br2F2N. The average molecular weight is 313 g/mol. The minimum Gasteiger partial charge on any atom is -0.228 e. The van der Waals surface area contributed by atoms with Gasteiger partial charge in [0.05, 0.1) is 0 Å². The highest BCUT2D eigenvalue weighted by Gasteiger charge is 2.16. The van der Waals surface area contributed by atoms with Gasteiger partial charge in [-0.3, -0.25) is 0 Å². The summed E-state index contributed by atoms with van der Waals surface area (Å²) in [6.07, 6.45) is 1.57. The quantitative estimate of drug-likeness (QED) is 0.600. The second-order valence-corrected chi connectivity index (χ2v) is 3.80. The first-order chi connectivity index (χ1) is 6.07. The fourth-order valence-corrected chi connectivity index (χ4v) is 1.92. The first-order valence-electron chi connectivity index (χ1n) is 3.37. The van der Waals surface area contributed by atoms with Crippen LogP contribution in [0.2, 0.25) is 0 Å². The number of halogens is 4. The maximum Gasteiger partial charge on any atom is 0.162 e. The van der Waals surface area contributed by atoms with Gasteiger partial charge in [-0.15, -0.1) is 6.58 Å². The zero-order valence-electron chi connectivity index (χ0n) is 6.45. The van der Waals surface area contributed by atoms with E-state index < -0.39 is 11.6 Å². The van der Waals surface area contributed by atoms with E-state index in [-0.39, 0.29) is 21.2 Å². The molecule has 1 rings (SSSR count). The van der Waals surface area contributed by atoms with Crippen molar-refractivity contribution >= 4 is 31.9 Å². The van der Waals surface area contributed by atoms with Crippen LogP contribution < -0.4 is 0 Å². The van der Waals surface area contributed by atoms with Crippen molar-refractivity contribution in [2.75, 3.05) is 0 Å². The van der Waals surface area contributed by atoms with Gasteiger partial charge in [-0.1, -0.05) is 6.08 Å². The molecule has 13 heavy (non-hydrogen) atoms. The van der Waals surface area contributed by atoms with Crippen LogP contribution in [0.3, 0.4) is 0 Å². The van der Waals surface area contributed by atoms with Crippen molar-refractivity contribution < 1.29 is 8.78 Å². The molecule has 0 radical (unpaired) electrons. The van der Waals surface area contributed by atoms with Crippen molar-refractivity contribution in [3.05, 3.63) is 39.1 Å². The van der Waals surface area contributed by atoms with Gasteiger partial charge in [0, 0.05) is 5.56 Å². The smallest absolute Gasteiger partial charge is 0.162 e. The Bertz CT molecular complexity index is 326. The third-order valence-corrected chi connectivity index (χ3v) is 2.49. The number of allylic oxidation sites excluding steroid dienone is 1. The summed E-state index contributed by atoms with van der Waals surface area (Å²) >= 11 is 5.77. The van der Waals surface area contributed by atoms with E-state index >= 15 is 0 Å². The summed E-state index contributed by atoms with van der Waals surface area (Å²) in [6.45, 7) is 3.41. The van der Waals surface area contributed by atoms with E-state index in [4.69, 9.17) is 0 Å². The lowest BCUT2D eigenvalue weighted by molar-refractivity contribution is 0.541. The fraction of sp³-hybridized carbons (Fsp3) is 0.125. The molecule has 0 aliphatic rings. The van der Waals surface area contributed by atoms with Crippen LogP contribution in [0.15, 0.2) is 21.9 Å². The normalized spacial score (nSPS) is 10.2. The molecule has 1 aromatic heterocycles. The molecule has 70 valence electrons. The Hall–Kier alpha value is -0.290. The molecule has 0 fully saturated rings. The molecule has 0 N–H and O–H groups in total. The third-order valence-electron chi connectivity index (χ3n) is 1.44. The highest BCUT2D eigenvalue weighted by Crippen LogP contribution is 2.25. The minimum atomic E-state index is -0.680. The Balaban J connectivity index is 3.36. The van der Waals surface area contributed by atoms with Crippen LogP contribution in [-0.2, 0) is 6.42 Å². The van der Waals surface area contributed by atoms with Gasteiger partial charge in [-0.2, -0.15) is 0 Å². The number of nitrogens with zero attached hydrogens (tertiary/aromatic N) is 1. The van der Waals surface area contributed by atoms with Crippen LogP contribution >= 0.6 is 31.9 Å². The van der Waals surface area contributed by atoms with Gasteiger partial charge in [0.15, 0.2) is 11.6 Å². The molecular weight excluding hydrogens is 308 g/mol. The molecule has 1 aromatic rings. The van der Waals surface area contributed by atoms with Gasteiger partial charge in [-0.05, 0) is 38.3 Å². The van der Waals surface area contributed by atoms with Crippen LogP contribution in [-0.4, -0.2) is 4.98 Å². The van der Waals surface area contributed by atoms with Crippen molar-refractivity contribution in [1.82, 2.24) is 4.98 Å². The second-order valence-electron chi connectivity index (χ2n) is 2.29. The van der Waals surface area contributed by atoms with Gasteiger partial charge in [-0.25, -0.2) is 13.8 Å². The summed E-state index contributed by atoms with van der Waals surface area (Å²) in [6, 6.07) is 0. The molecule has 5 heteroatoms. The van der Waals surface area contributed by atoms with E-state index in [1.807, 2.05) is 0 Å². The largest absolute Gasteiger partial charge is 0.228 e. The van der Waals surface area contributed by atoms with Gasteiger partial charge in [0.2, 0.25) is 0 Å². The Kier molecular flexibility index (Phi) is 3.55.